The summed E-state index contributed by atoms with van der Waals surface area (Å²) in [6.45, 7) is 0. The van der Waals surface area contributed by atoms with Crippen LogP contribution in [-0.4, -0.2) is 0 Å². The van der Waals surface area contributed by atoms with E-state index in [0.717, 1.165) is 10.0 Å². The van der Waals surface area contributed by atoms with E-state index in [-0.39, 0.29) is 6.42 Å². The Hall–Kier alpha value is -0.230. The third-order valence-electron chi connectivity index (χ3n) is 1.39. The number of rotatable bonds is 1. The number of hydrogen-bond acceptors (Lipinski definition) is 1. The molecule has 0 N–H and O–H groups in total. The number of nitrogens with zero attached hydrogens (tertiary/aromatic N) is 1. The molecule has 0 aliphatic carbocycles. The van der Waals surface area contributed by atoms with E-state index in [0.29, 0.717) is 10.0 Å². The maximum absolute atomic E-state index is 8.49. The van der Waals surface area contributed by atoms with Gasteiger partial charge in [-0.3, -0.25) is 0 Å². The molecule has 1 rings (SSSR count). The van der Waals surface area contributed by atoms with Gasteiger partial charge in [0.2, 0.25) is 0 Å². The first-order chi connectivity index (χ1) is 5.66. The second-order valence-corrected chi connectivity index (χ2v) is 3.80. The van der Waals surface area contributed by atoms with Crippen molar-refractivity contribution in [3.8, 4) is 6.07 Å². The Bertz CT molecular complexity index is 344. The molecule has 0 unspecified atom stereocenters. The minimum atomic E-state index is 0.264. The van der Waals surface area contributed by atoms with Crippen LogP contribution in [0.4, 0.5) is 0 Å². The van der Waals surface area contributed by atoms with Crippen LogP contribution in [0.5, 0.6) is 0 Å². The number of halogens is 3. The Labute approximate surface area is 89.0 Å². The van der Waals surface area contributed by atoms with Gasteiger partial charge in [-0.25, -0.2) is 0 Å². The lowest BCUT2D eigenvalue weighted by molar-refractivity contribution is 1.25. The Kier molecular flexibility index (Phi) is 3.39. The lowest BCUT2D eigenvalue weighted by atomic mass is 10.2. The Morgan fingerprint density at radius 1 is 1.42 bits per heavy atom. The topological polar surface area (TPSA) is 23.8 Å². The molecule has 0 heterocycles. The van der Waals surface area contributed by atoms with Crippen LogP contribution in [0.3, 0.4) is 0 Å². The predicted octanol–water partition coefficient (Wildman–Crippen LogP) is 3.82. The van der Waals surface area contributed by atoms with Gasteiger partial charge in [-0.15, -0.1) is 0 Å². The van der Waals surface area contributed by atoms with Gasteiger partial charge in [0.15, 0.2) is 0 Å². The molecule has 62 valence electrons. The van der Waals surface area contributed by atoms with Gasteiger partial charge in [-0.1, -0.05) is 39.1 Å². The summed E-state index contributed by atoms with van der Waals surface area (Å²) in [5, 5.41) is 9.42. The fourth-order valence-corrected chi connectivity index (χ4v) is 1.80. The summed E-state index contributed by atoms with van der Waals surface area (Å²) < 4.78 is 0.818. The fourth-order valence-electron chi connectivity index (χ4n) is 0.810. The normalized spacial score (nSPS) is 9.50. The van der Waals surface area contributed by atoms with E-state index in [1.165, 1.54) is 0 Å². The summed E-state index contributed by atoms with van der Waals surface area (Å²) in [5.41, 5.74) is 0.742. The third-order valence-corrected chi connectivity index (χ3v) is 2.98. The smallest absolute Gasteiger partial charge is 0.0670 e. The van der Waals surface area contributed by atoms with Crippen molar-refractivity contribution in [3.05, 3.63) is 32.2 Å². The van der Waals surface area contributed by atoms with Gasteiger partial charge < -0.3 is 0 Å². The molecule has 1 aromatic carbocycles. The van der Waals surface area contributed by atoms with Crippen molar-refractivity contribution in [1.29, 1.82) is 5.26 Å². The van der Waals surface area contributed by atoms with Gasteiger partial charge in [0, 0.05) is 10.0 Å². The predicted molar refractivity (Wildman–Crippen MR) is 53.5 cm³/mol. The van der Waals surface area contributed by atoms with Gasteiger partial charge in [-0.05, 0) is 12.1 Å². The van der Waals surface area contributed by atoms with Gasteiger partial charge in [0.25, 0.3) is 0 Å². The third kappa shape index (κ3) is 1.92. The summed E-state index contributed by atoms with van der Waals surface area (Å²) in [4.78, 5) is 0. The summed E-state index contributed by atoms with van der Waals surface area (Å²) in [6.07, 6.45) is 0.264. The van der Waals surface area contributed by atoms with Crippen molar-refractivity contribution >= 4 is 39.1 Å². The molecular formula is C8H4BrCl2N. The number of nitriles is 1. The van der Waals surface area contributed by atoms with Crippen LogP contribution < -0.4 is 0 Å². The Balaban J connectivity index is 3.25. The van der Waals surface area contributed by atoms with Crippen LogP contribution in [0.25, 0.3) is 0 Å². The zero-order valence-corrected chi connectivity index (χ0v) is 9.04. The SMILES string of the molecule is N#CCc1c(Br)ccc(Cl)c1Cl. The van der Waals surface area contributed by atoms with Crippen molar-refractivity contribution in [2.75, 3.05) is 0 Å². The molecule has 0 spiro atoms. The van der Waals surface area contributed by atoms with Crippen molar-refractivity contribution in [2.45, 2.75) is 6.42 Å². The van der Waals surface area contributed by atoms with Crippen LogP contribution in [0.15, 0.2) is 16.6 Å². The second kappa shape index (κ2) is 4.13. The van der Waals surface area contributed by atoms with Crippen LogP contribution in [-0.2, 0) is 6.42 Å². The number of benzene rings is 1. The lowest BCUT2D eigenvalue weighted by Gasteiger charge is -2.03. The van der Waals surface area contributed by atoms with Crippen molar-refractivity contribution in [2.24, 2.45) is 0 Å². The van der Waals surface area contributed by atoms with Crippen molar-refractivity contribution < 1.29 is 0 Å². The van der Waals surface area contributed by atoms with Crippen molar-refractivity contribution in [1.82, 2.24) is 0 Å². The monoisotopic (exact) mass is 263 g/mol. The highest BCUT2D eigenvalue weighted by atomic mass is 79.9. The molecule has 0 saturated carbocycles. The van der Waals surface area contributed by atoms with Crippen LogP contribution >= 0.6 is 39.1 Å². The van der Waals surface area contributed by atoms with Crippen molar-refractivity contribution in [3.63, 3.8) is 0 Å². The maximum atomic E-state index is 8.49. The van der Waals surface area contributed by atoms with Crippen LogP contribution in [0.2, 0.25) is 10.0 Å². The second-order valence-electron chi connectivity index (χ2n) is 2.16. The van der Waals surface area contributed by atoms with E-state index in [9.17, 15) is 0 Å². The molecule has 0 amide bonds. The molecular weight excluding hydrogens is 261 g/mol. The van der Waals surface area contributed by atoms with Gasteiger partial charge in [-0.2, -0.15) is 5.26 Å². The summed E-state index contributed by atoms with van der Waals surface area (Å²) >= 11 is 14.9. The largest absolute Gasteiger partial charge is 0.198 e. The molecule has 0 aliphatic heterocycles. The highest BCUT2D eigenvalue weighted by Crippen LogP contribution is 2.31. The Morgan fingerprint density at radius 2 is 2.08 bits per heavy atom. The molecule has 0 aromatic heterocycles. The van der Waals surface area contributed by atoms with E-state index in [2.05, 4.69) is 15.9 Å². The first-order valence-electron chi connectivity index (χ1n) is 3.16. The van der Waals surface area contributed by atoms with E-state index >= 15 is 0 Å². The molecule has 1 aromatic rings. The molecule has 1 nitrogen and oxygen atoms in total. The average molecular weight is 265 g/mol. The van der Waals surface area contributed by atoms with E-state index < -0.39 is 0 Å². The highest BCUT2D eigenvalue weighted by molar-refractivity contribution is 9.10. The summed E-state index contributed by atoms with van der Waals surface area (Å²) in [7, 11) is 0. The van der Waals surface area contributed by atoms with Crippen LogP contribution in [0.1, 0.15) is 5.56 Å². The lowest BCUT2D eigenvalue weighted by Crippen LogP contribution is -1.86. The molecule has 12 heavy (non-hydrogen) atoms. The highest BCUT2D eigenvalue weighted by Gasteiger charge is 2.07. The first kappa shape index (κ1) is 9.85. The summed E-state index contributed by atoms with van der Waals surface area (Å²) in [6, 6.07) is 5.49. The number of hydrogen-bond donors (Lipinski definition) is 0. The van der Waals surface area contributed by atoms with Gasteiger partial charge >= 0.3 is 0 Å². The molecule has 0 fully saturated rings. The van der Waals surface area contributed by atoms with E-state index in [1.807, 2.05) is 6.07 Å². The quantitative estimate of drug-likeness (QED) is 0.708. The standard InChI is InChI=1S/C8H4BrCl2N/c9-6-1-2-7(10)8(11)5(6)3-4-12/h1-2H,3H2. The minimum absolute atomic E-state index is 0.264. The summed E-state index contributed by atoms with van der Waals surface area (Å²) in [5.74, 6) is 0. The molecule has 4 heteroatoms. The molecule has 0 aliphatic rings. The zero-order chi connectivity index (χ0) is 9.14. The molecule has 0 saturated heterocycles. The maximum Gasteiger partial charge on any atom is 0.0670 e. The molecule has 0 atom stereocenters. The zero-order valence-electron chi connectivity index (χ0n) is 5.94. The first-order valence-corrected chi connectivity index (χ1v) is 4.71. The minimum Gasteiger partial charge on any atom is -0.198 e. The molecule has 0 radical (unpaired) electrons. The molecule has 0 bridgehead atoms. The Morgan fingerprint density at radius 3 is 2.67 bits per heavy atom. The van der Waals surface area contributed by atoms with Crippen LogP contribution in [0, 0.1) is 11.3 Å². The fraction of sp³-hybridized carbons (Fsp3) is 0.125. The average Bonchev–Trinajstić information content (AvgIpc) is 2.06. The van der Waals surface area contributed by atoms with Gasteiger partial charge in [0.05, 0.1) is 22.5 Å². The van der Waals surface area contributed by atoms with E-state index in [4.69, 9.17) is 28.5 Å². The van der Waals surface area contributed by atoms with E-state index in [1.54, 1.807) is 12.1 Å². The van der Waals surface area contributed by atoms with Gasteiger partial charge in [0.1, 0.15) is 0 Å².